The molecular formula is C29H25F5N6O2. The van der Waals surface area contributed by atoms with Crippen molar-refractivity contribution >= 4 is 39.6 Å². The lowest BCUT2D eigenvalue weighted by molar-refractivity contribution is -0.137. The van der Waals surface area contributed by atoms with Gasteiger partial charge in [0.05, 0.1) is 28.5 Å². The fourth-order valence-corrected chi connectivity index (χ4v) is 6.23. The third-order valence-corrected chi connectivity index (χ3v) is 8.34. The van der Waals surface area contributed by atoms with Gasteiger partial charge in [-0.1, -0.05) is 6.07 Å². The monoisotopic (exact) mass is 584 g/mol. The van der Waals surface area contributed by atoms with Gasteiger partial charge in [-0.05, 0) is 35.4 Å². The van der Waals surface area contributed by atoms with Gasteiger partial charge in [-0.15, -0.1) is 0 Å². The summed E-state index contributed by atoms with van der Waals surface area (Å²) in [5, 5.41) is 3.14. The first-order valence-electron chi connectivity index (χ1n) is 13.6. The molecule has 1 saturated heterocycles. The molecule has 3 aromatic heterocycles. The summed E-state index contributed by atoms with van der Waals surface area (Å²) in [6.45, 7) is 0.261. The second kappa shape index (κ2) is 9.30. The lowest BCUT2D eigenvalue weighted by atomic mass is 9.97. The number of likely N-dealkylation sites (tertiary alicyclic amines) is 1. The van der Waals surface area contributed by atoms with Gasteiger partial charge in [0.15, 0.2) is 0 Å². The number of aromatic nitrogens is 3. The van der Waals surface area contributed by atoms with E-state index in [9.17, 15) is 31.5 Å². The number of pyridine rings is 1. The van der Waals surface area contributed by atoms with Crippen LogP contribution in [0.25, 0.3) is 27.7 Å². The third-order valence-electron chi connectivity index (χ3n) is 8.34. The van der Waals surface area contributed by atoms with Gasteiger partial charge in [0.1, 0.15) is 5.65 Å². The van der Waals surface area contributed by atoms with Crippen LogP contribution in [0.1, 0.15) is 35.2 Å². The van der Waals surface area contributed by atoms with E-state index in [1.807, 2.05) is 10.6 Å². The molecular weight excluding hydrogens is 559 g/mol. The van der Waals surface area contributed by atoms with Crippen molar-refractivity contribution < 1.29 is 31.5 Å². The lowest BCUT2D eigenvalue weighted by Crippen LogP contribution is -2.49. The first-order chi connectivity index (χ1) is 20.0. The van der Waals surface area contributed by atoms with E-state index >= 15 is 0 Å². The van der Waals surface area contributed by atoms with Gasteiger partial charge in [0.25, 0.3) is 11.8 Å². The van der Waals surface area contributed by atoms with Crippen LogP contribution in [0.5, 0.6) is 0 Å². The van der Waals surface area contributed by atoms with Gasteiger partial charge in [0, 0.05) is 75.5 Å². The molecule has 7 rings (SSSR count). The average Bonchev–Trinajstić information content (AvgIpc) is 3.60. The van der Waals surface area contributed by atoms with Gasteiger partial charge < -0.3 is 19.7 Å². The second-order valence-electron chi connectivity index (χ2n) is 10.9. The number of carbonyl (C=O) groups excluding carboxylic acids is 2. The lowest BCUT2D eigenvalue weighted by Gasteiger charge is -2.35. The Labute approximate surface area is 236 Å². The Hall–Kier alpha value is -4.42. The maximum absolute atomic E-state index is 14.2. The van der Waals surface area contributed by atoms with Crippen LogP contribution in [0.15, 0.2) is 48.9 Å². The molecule has 0 atom stereocenters. The van der Waals surface area contributed by atoms with Crippen molar-refractivity contribution in [3.05, 3.63) is 71.3 Å². The molecule has 0 aliphatic carbocycles. The van der Waals surface area contributed by atoms with Crippen LogP contribution < -0.4 is 5.32 Å². The van der Waals surface area contributed by atoms with Gasteiger partial charge in [-0.2, -0.15) is 13.2 Å². The van der Waals surface area contributed by atoms with Crippen LogP contribution in [0.3, 0.4) is 0 Å². The minimum absolute atomic E-state index is 0.105. The van der Waals surface area contributed by atoms with Gasteiger partial charge in [0.2, 0.25) is 0 Å². The Morgan fingerprint density at radius 1 is 1.02 bits per heavy atom. The van der Waals surface area contributed by atoms with Crippen molar-refractivity contribution in [2.45, 2.75) is 38.0 Å². The normalized spacial score (nSPS) is 19.1. The largest absolute Gasteiger partial charge is 0.416 e. The van der Waals surface area contributed by atoms with E-state index in [2.05, 4.69) is 10.3 Å². The Morgan fingerprint density at radius 3 is 2.57 bits per heavy atom. The van der Waals surface area contributed by atoms with Crippen molar-refractivity contribution in [2.75, 3.05) is 26.2 Å². The smallest absolute Gasteiger partial charge is 0.348 e. The molecule has 42 heavy (non-hydrogen) atoms. The van der Waals surface area contributed by atoms with E-state index in [0.29, 0.717) is 44.5 Å². The fraction of sp³-hybridized carbons (Fsp3) is 0.345. The SMILES string of the molecule is O=C1NCC(c2cn3c4c(cc(C(F)(F)F)cc24)CN(C(=O)N2CCC(F)(F)CC2)CC3)=C1c1cnc2ccccn12. The molecule has 218 valence electrons. The second-order valence-corrected chi connectivity index (χ2v) is 10.9. The topological polar surface area (TPSA) is 74.9 Å². The van der Waals surface area contributed by atoms with Crippen LogP contribution >= 0.6 is 0 Å². The van der Waals surface area contributed by atoms with Crippen molar-refractivity contribution in [1.29, 1.82) is 0 Å². The molecule has 1 N–H and O–H groups in total. The molecule has 1 fully saturated rings. The number of amides is 3. The molecule has 3 aliphatic heterocycles. The number of rotatable bonds is 2. The Morgan fingerprint density at radius 2 is 1.81 bits per heavy atom. The highest BCUT2D eigenvalue weighted by Gasteiger charge is 2.39. The summed E-state index contributed by atoms with van der Waals surface area (Å²) in [4.78, 5) is 33.5. The van der Waals surface area contributed by atoms with Crippen LogP contribution in [-0.4, -0.2) is 67.8 Å². The Kier molecular flexibility index (Phi) is 5.86. The predicted molar refractivity (Wildman–Crippen MR) is 144 cm³/mol. The van der Waals surface area contributed by atoms with E-state index in [1.54, 1.807) is 35.1 Å². The van der Waals surface area contributed by atoms with Gasteiger partial charge >= 0.3 is 12.2 Å². The average molecular weight is 585 g/mol. The molecule has 13 heteroatoms. The molecule has 3 amide bonds. The maximum atomic E-state index is 14.2. The summed E-state index contributed by atoms with van der Waals surface area (Å²) in [6, 6.07) is 7.08. The van der Waals surface area contributed by atoms with E-state index < -0.39 is 36.5 Å². The highest BCUT2D eigenvalue weighted by molar-refractivity contribution is 6.31. The standard InChI is InChI=1S/C29H25F5N6O2/c30-28(31)4-7-37(8-5-28)27(42)39-10-9-38-16-21(19-12-18(29(32,33)34)11-17(15-39)25(19)38)20-13-36-26(41)24(20)22-14-35-23-3-1-2-6-40(22)23/h1-3,6,11-12,14,16H,4-5,7-10,13,15H2,(H,36,41). The molecule has 0 unspecified atom stereocenters. The number of piperidine rings is 1. The molecule has 0 saturated carbocycles. The number of benzene rings is 1. The summed E-state index contributed by atoms with van der Waals surface area (Å²) < 4.78 is 73.4. The Balaban J connectivity index is 1.35. The summed E-state index contributed by atoms with van der Waals surface area (Å²) in [5.41, 5.74) is 2.51. The van der Waals surface area contributed by atoms with E-state index in [-0.39, 0.29) is 45.2 Å². The van der Waals surface area contributed by atoms with E-state index in [4.69, 9.17) is 0 Å². The zero-order valence-corrected chi connectivity index (χ0v) is 22.2. The molecule has 1 aromatic carbocycles. The molecule has 0 radical (unpaired) electrons. The zero-order chi connectivity index (χ0) is 29.4. The van der Waals surface area contributed by atoms with Crippen molar-refractivity contribution in [3.63, 3.8) is 0 Å². The van der Waals surface area contributed by atoms with Crippen LogP contribution in [0, 0.1) is 0 Å². The molecule has 8 nitrogen and oxygen atoms in total. The Bertz CT molecular complexity index is 1790. The highest BCUT2D eigenvalue weighted by atomic mass is 19.4. The molecule has 6 heterocycles. The quantitative estimate of drug-likeness (QED) is 0.337. The first kappa shape index (κ1) is 26.5. The first-order valence-corrected chi connectivity index (χ1v) is 13.6. The van der Waals surface area contributed by atoms with E-state index in [0.717, 1.165) is 12.1 Å². The molecule has 3 aliphatic rings. The zero-order valence-electron chi connectivity index (χ0n) is 22.2. The molecule has 0 spiro atoms. The summed E-state index contributed by atoms with van der Waals surface area (Å²) in [7, 11) is 0. The fourth-order valence-electron chi connectivity index (χ4n) is 6.23. The van der Waals surface area contributed by atoms with Crippen molar-refractivity contribution in [2.24, 2.45) is 0 Å². The number of urea groups is 1. The summed E-state index contributed by atoms with van der Waals surface area (Å²) in [5.74, 6) is -3.18. The number of carbonyl (C=O) groups is 2. The minimum Gasteiger partial charge on any atom is -0.348 e. The van der Waals surface area contributed by atoms with Crippen LogP contribution in [0.2, 0.25) is 0 Å². The van der Waals surface area contributed by atoms with Crippen LogP contribution in [-0.2, 0) is 24.1 Å². The number of imidazole rings is 1. The van der Waals surface area contributed by atoms with E-state index in [1.165, 1.54) is 9.80 Å². The number of nitrogens with zero attached hydrogens (tertiary/aromatic N) is 5. The third kappa shape index (κ3) is 4.29. The van der Waals surface area contributed by atoms with Gasteiger partial charge in [-0.25, -0.2) is 18.6 Å². The number of hydrogen-bond acceptors (Lipinski definition) is 3. The number of alkyl halides is 5. The predicted octanol–water partition coefficient (Wildman–Crippen LogP) is 5.02. The number of nitrogens with one attached hydrogen (secondary N) is 1. The van der Waals surface area contributed by atoms with Gasteiger partial charge in [-0.3, -0.25) is 9.20 Å². The minimum atomic E-state index is -4.66. The van der Waals surface area contributed by atoms with Crippen molar-refractivity contribution in [1.82, 2.24) is 29.1 Å². The number of halogens is 5. The molecule has 4 aromatic rings. The number of fused-ring (bicyclic) bond motifs is 1. The maximum Gasteiger partial charge on any atom is 0.416 e. The highest BCUT2D eigenvalue weighted by Crippen LogP contribution is 2.41. The molecule has 0 bridgehead atoms. The number of hydrogen-bond donors (Lipinski definition) is 1. The van der Waals surface area contributed by atoms with Crippen molar-refractivity contribution in [3.8, 4) is 0 Å². The summed E-state index contributed by atoms with van der Waals surface area (Å²) in [6.07, 6.45) is -0.468. The van der Waals surface area contributed by atoms with Crippen LogP contribution in [0.4, 0.5) is 26.7 Å². The summed E-state index contributed by atoms with van der Waals surface area (Å²) >= 11 is 0.